The SMILES string of the molecule is FC(F)(F)c1ccc(OCCc2c[nH]cn2)cc1. The van der Waals surface area contributed by atoms with Crippen LogP contribution in [-0.2, 0) is 12.6 Å². The Morgan fingerprint density at radius 2 is 1.89 bits per heavy atom. The maximum absolute atomic E-state index is 12.3. The summed E-state index contributed by atoms with van der Waals surface area (Å²) >= 11 is 0. The molecule has 0 radical (unpaired) electrons. The van der Waals surface area contributed by atoms with E-state index in [1.807, 2.05) is 0 Å². The molecule has 1 heterocycles. The van der Waals surface area contributed by atoms with Crippen molar-refractivity contribution in [3.63, 3.8) is 0 Å². The van der Waals surface area contributed by atoms with Crippen LogP contribution < -0.4 is 4.74 Å². The van der Waals surface area contributed by atoms with Gasteiger partial charge in [0, 0.05) is 12.6 Å². The van der Waals surface area contributed by atoms with E-state index in [1.165, 1.54) is 12.1 Å². The molecule has 96 valence electrons. The van der Waals surface area contributed by atoms with Gasteiger partial charge >= 0.3 is 6.18 Å². The first-order valence-corrected chi connectivity index (χ1v) is 5.33. The third-order valence-electron chi connectivity index (χ3n) is 2.36. The van der Waals surface area contributed by atoms with Crippen LogP contribution in [0.5, 0.6) is 5.75 Å². The third kappa shape index (κ3) is 3.26. The highest BCUT2D eigenvalue weighted by Crippen LogP contribution is 2.30. The van der Waals surface area contributed by atoms with Crippen molar-refractivity contribution >= 4 is 0 Å². The fraction of sp³-hybridized carbons (Fsp3) is 0.250. The zero-order valence-corrected chi connectivity index (χ0v) is 9.37. The molecule has 0 amide bonds. The number of rotatable bonds is 4. The highest BCUT2D eigenvalue weighted by Gasteiger charge is 2.29. The third-order valence-corrected chi connectivity index (χ3v) is 2.36. The molecule has 0 saturated heterocycles. The molecule has 1 N–H and O–H groups in total. The lowest BCUT2D eigenvalue weighted by atomic mass is 10.2. The molecule has 1 aromatic heterocycles. The Balaban J connectivity index is 1.87. The van der Waals surface area contributed by atoms with E-state index in [4.69, 9.17) is 4.74 Å². The predicted octanol–water partition coefficient (Wildman–Crippen LogP) is 3.05. The number of nitrogens with one attached hydrogen (secondary N) is 1. The van der Waals surface area contributed by atoms with Crippen molar-refractivity contribution in [2.75, 3.05) is 6.61 Å². The highest BCUT2D eigenvalue weighted by atomic mass is 19.4. The molecule has 0 aliphatic carbocycles. The number of imidazole rings is 1. The smallest absolute Gasteiger partial charge is 0.416 e. The first kappa shape index (κ1) is 12.5. The molecule has 1 aromatic carbocycles. The summed E-state index contributed by atoms with van der Waals surface area (Å²) in [6.45, 7) is 0.371. The van der Waals surface area contributed by atoms with Crippen LogP contribution in [0.2, 0.25) is 0 Å². The monoisotopic (exact) mass is 256 g/mol. The van der Waals surface area contributed by atoms with Gasteiger partial charge in [-0.3, -0.25) is 0 Å². The van der Waals surface area contributed by atoms with Gasteiger partial charge < -0.3 is 9.72 Å². The number of ether oxygens (including phenoxy) is 1. The van der Waals surface area contributed by atoms with E-state index in [1.54, 1.807) is 12.5 Å². The Morgan fingerprint density at radius 3 is 2.44 bits per heavy atom. The summed E-state index contributed by atoms with van der Waals surface area (Å²) in [5.74, 6) is 0.415. The highest BCUT2D eigenvalue weighted by molar-refractivity contribution is 5.28. The van der Waals surface area contributed by atoms with Crippen LogP contribution in [0.25, 0.3) is 0 Å². The van der Waals surface area contributed by atoms with Gasteiger partial charge in [-0.25, -0.2) is 4.98 Å². The summed E-state index contributed by atoms with van der Waals surface area (Å²) in [6.07, 6.45) is -0.401. The number of alkyl halides is 3. The van der Waals surface area contributed by atoms with Gasteiger partial charge in [-0.15, -0.1) is 0 Å². The normalized spacial score (nSPS) is 11.5. The van der Waals surface area contributed by atoms with Gasteiger partial charge in [0.2, 0.25) is 0 Å². The van der Waals surface area contributed by atoms with Crippen LogP contribution >= 0.6 is 0 Å². The zero-order valence-electron chi connectivity index (χ0n) is 9.37. The van der Waals surface area contributed by atoms with E-state index in [9.17, 15) is 13.2 Å². The molecule has 0 bridgehead atoms. The fourth-order valence-corrected chi connectivity index (χ4v) is 1.44. The van der Waals surface area contributed by atoms with Crippen molar-refractivity contribution < 1.29 is 17.9 Å². The van der Waals surface area contributed by atoms with Crippen molar-refractivity contribution in [3.8, 4) is 5.75 Å². The molecule has 0 spiro atoms. The van der Waals surface area contributed by atoms with Crippen LogP contribution in [-0.4, -0.2) is 16.6 Å². The van der Waals surface area contributed by atoms with Gasteiger partial charge in [0.1, 0.15) is 5.75 Å². The Bertz CT molecular complexity index is 477. The maximum Gasteiger partial charge on any atom is 0.416 e. The molecule has 0 aliphatic heterocycles. The standard InChI is InChI=1S/C12H11F3N2O/c13-12(14,15)9-1-3-11(4-2-9)18-6-5-10-7-16-8-17-10/h1-4,7-8H,5-6H2,(H,16,17). The van der Waals surface area contributed by atoms with Crippen LogP contribution in [0.15, 0.2) is 36.8 Å². The minimum atomic E-state index is -4.31. The second-order valence-corrected chi connectivity index (χ2v) is 3.68. The molecular weight excluding hydrogens is 245 g/mol. The largest absolute Gasteiger partial charge is 0.493 e. The minimum absolute atomic E-state index is 0.371. The van der Waals surface area contributed by atoms with E-state index in [0.717, 1.165) is 17.8 Å². The molecule has 0 unspecified atom stereocenters. The molecule has 2 aromatic rings. The molecule has 18 heavy (non-hydrogen) atoms. The average molecular weight is 256 g/mol. The predicted molar refractivity (Wildman–Crippen MR) is 59.2 cm³/mol. The summed E-state index contributed by atoms with van der Waals surface area (Å²) < 4.78 is 42.2. The fourth-order valence-electron chi connectivity index (χ4n) is 1.44. The van der Waals surface area contributed by atoms with Crippen LogP contribution in [0.4, 0.5) is 13.2 Å². The van der Waals surface area contributed by atoms with Gasteiger partial charge in [-0.05, 0) is 24.3 Å². The van der Waals surface area contributed by atoms with Gasteiger partial charge in [0.15, 0.2) is 0 Å². The lowest BCUT2D eigenvalue weighted by molar-refractivity contribution is -0.137. The summed E-state index contributed by atoms with van der Waals surface area (Å²) in [7, 11) is 0. The van der Waals surface area contributed by atoms with Gasteiger partial charge in [-0.2, -0.15) is 13.2 Å². The van der Waals surface area contributed by atoms with E-state index < -0.39 is 11.7 Å². The Morgan fingerprint density at radius 1 is 1.17 bits per heavy atom. The summed E-state index contributed by atoms with van der Waals surface area (Å²) in [6, 6.07) is 4.63. The second kappa shape index (κ2) is 5.12. The number of hydrogen-bond donors (Lipinski definition) is 1. The number of H-pyrrole nitrogens is 1. The van der Waals surface area contributed by atoms with Crippen molar-refractivity contribution in [1.29, 1.82) is 0 Å². The molecule has 3 nitrogen and oxygen atoms in total. The summed E-state index contributed by atoms with van der Waals surface area (Å²) in [4.78, 5) is 6.82. The first-order valence-electron chi connectivity index (χ1n) is 5.33. The van der Waals surface area contributed by atoms with E-state index in [0.29, 0.717) is 18.8 Å². The maximum atomic E-state index is 12.3. The molecule has 0 fully saturated rings. The number of aromatic amines is 1. The zero-order chi connectivity index (χ0) is 13.0. The average Bonchev–Trinajstić information content (AvgIpc) is 2.82. The minimum Gasteiger partial charge on any atom is -0.493 e. The van der Waals surface area contributed by atoms with Crippen molar-refractivity contribution in [1.82, 2.24) is 9.97 Å². The van der Waals surface area contributed by atoms with Gasteiger partial charge in [0.05, 0.1) is 24.2 Å². The van der Waals surface area contributed by atoms with E-state index in [2.05, 4.69) is 9.97 Å². The number of hydrogen-bond acceptors (Lipinski definition) is 2. The number of halogens is 3. The summed E-state index contributed by atoms with van der Waals surface area (Å²) in [5.41, 5.74) is 0.170. The second-order valence-electron chi connectivity index (χ2n) is 3.68. The lowest BCUT2D eigenvalue weighted by Gasteiger charge is -2.08. The molecule has 0 saturated carbocycles. The van der Waals surface area contributed by atoms with Gasteiger partial charge in [0.25, 0.3) is 0 Å². The van der Waals surface area contributed by atoms with Crippen LogP contribution in [0.3, 0.4) is 0 Å². The summed E-state index contributed by atoms with van der Waals surface area (Å²) in [5, 5.41) is 0. The first-order chi connectivity index (χ1) is 8.55. The Kier molecular flexibility index (Phi) is 3.55. The van der Waals surface area contributed by atoms with Crippen molar-refractivity contribution in [2.45, 2.75) is 12.6 Å². The Labute approximate surface area is 102 Å². The number of aromatic nitrogens is 2. The van der Waals surface area contributed by atoms with Crippen molar-refractivity contribution in [3.05, 3.63) is 48.0 Å². The van der Waals surface area contributed by atoms with Gasteiger partial charge in [-0.1, -0.05) is 0 Å². The molecule has 2 rings (SSSR count). The molecular formula is C12H11F3N2O. The molecule has 0 aliphatic rings. The lowest BCUT2D eigenvalue weighted by Crippen LogP contribution is -2.05. The van der Waals surface area contributed by atoms with E-state index in [-0.39, 0.29) is 0 Å². The quantitative estimate of drug-likeness (QED) is 0.913. The van der Waals surface area contributed by atoms with Crippen molar-refractivity contribution in [2.24, 2.45) is 0 Å². The Hall–Kier alpha value is -1.98. The molecule has 0 atom stereocenters. The van der Waals surface area contributed by atoms with E-state index >= 15 is 0 Å². The number of benzene rings is 1. The van der Waals surface area contributed by atoms with Crippen LogP contribution in [0, 0.1) is 0 Å². The van der Waals surface area contributed by atoms with Crippen LogP contribution in [0.1, 0.15) is 11.3 Å². The number of nitrogens with zero attached hydrogens (tertiary/aromatic N) is 1. The molecule has 6 heteroatoms. The topological polar surface area (TPSA) is 37.9 Å².